The zero-order valence-electron chi connectivity index (χ0n) is 15.2. The molecule has 2 heterocycles. The van der Waals surface area contributed by atoms with Gasteiger partial charge in [-0.25, -0.2) is 0 Å². The zero-order chi connectivity index (χ0) is 21.6. The van der Waals surface area contributed by atoms with Crippen molar-refractivity contribution in [2.45, 2.75) is 13.3 Å². The quantitative estimate of drug-likeness (QED) is 0.405. The minimum Gasteiger partial charge on any atom is -0.494 e. The number of aromatic hydroxyl groups is 1. The first kappa shape index (κ1) is 19.8. The van der Waals surface area contributed by atoms with E-state index in [9.17, 15) is 23.1 Å². The number of ketones is 1. The number of nitrogens with zero attached hydrogens (tertiary/aromatic N) is 1. The van der Waals surface area contributed by atoms with E-state index in [1.165, 1.54) is 24.3 Å². The van der Waals surface area contributed by atoms with Crippen molar-refractivity contribution in [1.29, 1.82) is 0 Å². The van der Waals surface area contributed by atoms with Gasteiger partial charge < -0.3 is 19.4 Å². The number of nitrogens with one attached hydrogen (secondary N) is 1. The number of halogens is 4. The van der Waals surface area contributed by atoms with E-state index in [4.69, 9.17) is 16.1 Å². The van der Waals surface area contributed by atoms with Crippen molar-refractivity contribution in [3.05, 3.63) is 64.5 Å². The fraction of sp³-hybridized carbons (Fsp3) is 0.100. The Bertz CT molecular complexity index is 1260. The minimum atomic E-state index is -4.80. The van der Waals surface area contributed by atoms with Crippen LogP contribution in [-0.2, 0) is 0 Å². The second kappa shape index (κ2) is 7.10. The van der Waals surface area contributed by atoms with Crippen LogP contribution in [0.4, 0.5) is 13.2 Å². The summed E-state index contributed by atoms with van der Waals surface area (Å²) in [6.07, 6.45) is -4.80. The lowest BCUT2D eigenvalue weighted by Crippen LogP contribution is -2.16. The van der Waals surface area contributed by atoms with Crippen molar-refractivity contribution in [3.8, 4) is 22.8 Å². The summed E-state index contributed by atoms with van der Waals surface area (Å²) in [6.45, 7) is 1.65. The van der Waals surface area contributed by atoms with Gasteiger partial charge in [-0.05, 0) is 36.8 Å². The number of benzene rings is 2. The van der Waals surface area contributed by atoms with E-state index in [0.29, 0.717) is 27.7 Å². The molecule has 0 aliphatic heterocycles. The molecular weight excluding hydrogens is 425 g/mol. The summed E-state index contributed by atoms with van der Waals surface area (Å²) in [5, 5.41) is 14.6. The van der Waals surface area contributed by atoms with Gasteiger partial charge in [0.25, 0.3) is 0 Å². The molecule has 10 heteroatoms. The molecule has 0 saturated carbocycles. The Balaban J connectivity index is 1.78. The first-order valence-corrected chi connectivity index (χ1v) is 8.88. The van der Waals surface area contributed by atoms with E-state index in [1.54, 1.807) is 13.0 Å². The predicted octanol–water partition coefficient (Wildman–Crippen LogP) is 5.62. The van der Waals surface area contributed by atoms with Crippen molar-refractivity contribution in [3.63, 3.8) is 0 Å². The summed E-state index contributed by atoms with van der Waals surface area (Å²) in [5.74, 6) is -1.37. The van der Waals surface area contributed by atoms with Gasteiger partial charge in [0.05, 0.1) is 21.8 Å². The van der Waals surface area contributed by atoms with Crippen LogP contribution in [0.25, 0.3) is 22.0 Å². The third kappa shape index (κ3) is 3.71. The van der Waals surface area contributed by atoms with Crippen LogP contribution in [0.1, 0.15) is 21.8 Å². The fourth-order valence-corrected chi connectivity index (χ4v) is 3.35. The summed E-state index contributed by atoms with van der Waals surface area (Å²) in [5.41, 5.74) is 1.81. The Morgan fingerprint density at radius 3 is 2.50 bits per heavy atom. The zero-order valence-corrected chi connectivity index (χ0v) is 15.9. The molecule has 2 N–H and O–H groups in total. The standard InChI is InChI=1S/C20H12ClF3N2O4/c1-9-6-16(30-26-9)18(27)17-13-7-12(14(21)8-15(13)25-19(17)28)10-2-4-11(5-3-10)29-20(22,23)24/h2-8,25,28H,1H3. The highest BCUT2D eigenvalue weighted by Crippen LogP contribution is 2.38. The number of carbonyl (C=O) groups is 1. The first-order chi connectivity index (χ1) is 14.1. The lowest BCUT2D eigenvalue weighted by atomic mass is 10.0. The number of carbonyl (C=O) groups excluding carboxylic acids is 1. The Morgan fingerprint density at radius 2 is 1.90 bits per heavy atom. The number of hydrogen-bond donors (Lipinski definition) is 2. The van der Waals surface area contributed by atoms with Crippen molar-refractivity contribution in [2.24, 2.45) is 0 Å². The number of aromatic nitrogens is 2. The number of rotatable bonds is 4. The molecule has 0 atom stereocenters. The molecule has 4 rings (SSSR count). The second-order valence-corrected chi connectivity index (χ2v) is 6.87. The summed E-state index contributed by atoms with van der Waals surface area (Å²) in [4.78, 5) is 15.5. The number of fused-ring (bicyclic) bond motifs is 1. The third-order valence-corrected chi connectivity index (χ3v) is 4.66. The van der Waals surface area contributed by atoms with E-state index < -0.39 is 12.1 Å². The summed E-state index contributed by atoms with van der Waals surface area (Å²) < 4.78 is 45.9. The Hall–Kier alpha value is -3.46. The highest BCUT2D eigenvalue weighted by molar-refractivity contribution is 6.34. The number of aryl methyl sites for hydroxylation is 1. The fourth-order valence-electron chi connectivity index (χ4n) is 3.08. The number of H-pyrrole nitrogens is 1. The van der Waals surface area contributed by atoms with Crippen LogP contribution >= 0.6 is 11.6 Å². The second-order valence-electron chi connectivity index (χ2n) is 6.46. The van der Waals surface area contributed by atoms with Crippen LogP contribution in [-0.4, -0.2) is 27.4 Å². The lowest BCUT2D eigenvalue weighted by molar-refractivity contribution is -0.274. The van der Waals surface area contributed by atoms with Gasteiger partial charge in [0, 0.05) is 17.0 Å². The highest BCUT2D eigenvalue weighted by atomic mass is 35.5. The van der Waals surface area contributed by atoms with E-state index in [0.717, 1.165) is 12.1 Å². The SMILES string of the molecule is Cc1cc(C(=O)c2c(O)[nH]c3cc(Cl)c(-c4ccc(OC(F)(F)F)cc4)cc23)on1. The Labute approximate surface area is 171 Å². The van der Waals surface area contributed by atoms with Crippen LogP contribution in [0.5, 0.6) is 11.6 Å². The van der Waals surface area contributed by atoms with Crippen molar-refractivity contribution in [2.75, 3.05) is 0 Å². The molecule has 2 aromatic carbocycles. The summed E-state index contributed by atoms with van der Waals surface area (Å²) in [7, 11) is 0. The van der Waals surface area contributed by atoms with Crippen LogP contribution in [0, 0.1) is 6.92 Å². The monoisotopic (exact) mass is 436 g/mol. The van der Waals surface area contributed by atoms with E-state index in [1.807, 2.05) is 0 Å². The number of ether oxygens (including phenoxy) is 1. The molecule has 0 bridgehead atoms. The minimum absolute atomic E-state index is 0.0314. The van der Waals surface area contributed by atoms with Crippen molar-refractivity contribution >= 4 is 28.3 Å². The molecule has 0 radical (unpaired) electrons. The van der Waals surface area contributed by atoms with Gasteiger partial charge in [-0.3, -0.25) is 4.79 Å². The van der Waals surface area contributed by atoms with Crippen molar-refractivity contribution < 1.29 is 32.3 Å². The molecular formula is C20H12ClF3N2O4. The number of aromatic amines is 1. The van der Waals surface area contributed by atoms with Gasteiger partial charge in [-0.15, -0.1) is 13.2 Å². The molecule has 4 aromatic rings. The summed E-state index contributed by atoms with van der Waals surface area (Å²) in [6, 6.07) is 9.63. The molecule has 0 unspecified atom stereocenters. The number of hydrogen-bond acceptors (Lipinski definition) is 5. The first-order valence-electron chi connectivity index (χ1n) is 8.51. The van der Waals surface area contributed by atoms with Crippen molar-refractivity contribution in [1.82, 2.24) is 10.1 Å². The van der Waals surface area contributed by atoms with Gasteiger partial charge in [0.15, 0.2) is 0 Å². The van der Waals surface area contributed by atoms with E-state index in [-0.39, 0.29) is 28.0 Å². The molecule has 0 spiro atoms. The average molecular weight is 437 g/mol. The van der Waals surface area contributed by atoms with Gasteiger partial charge in [-0.1, -0.05) is 28.9 Å². The maximum Gasteiger partial charge on any atom is 0.573 e. The molecule has 6 nitrogen and oxygen atoms in total. The average Bonchev–Trinajstić information content (AvgIpc) is 3.22. The largest absolute Gasteiger partial charge is 0.573 e. The maximum atomic E-state index is 12.8. The van der Waals surface area contributed by atoms with Gasteiger partial charge in [0.2, 0.25) is 17.4 Å². The normalized spacial score (nSPS) is 11.8. The molecule has 154 valence electrons. The molecule has 30 heavy (non-hydrogen) atoms. The maximum absolute atomic E-state index is 12.8. The van der Waals surface area contributed by atoms with Gasteiger partial charge in [0.1, 0.15) is 5.75 Å². The molecule has 0 amide bonds. The van der Waals surface area contributed by atoms with E-state index in [2.05, 4.69) is 14.9 Å². The molecule has 0 aliphatic rings. The van der Waals surface area contributed by atoms with Crippen LogP contribution < -0.4 is 4.74 Å². The van der Waals surface area contributed by atoms with Crippen LogP contribution in [0.15, 0.2) is 47.0 Å². The summed E-state index contributed by atoms with van der Waals surface area (Å²) >= 11 is 6.32. The van der Waals surface area contributed by atoms with Gasteiger partial charge >= 0.3 is 6.36 Å². The predicted molar refractivity (Wildman–Crippen MR) is 102 cm³/mol. The van der Waals surface area contributed by atoms with E-state index >= 15 is 0 Å². The molecule has 0 saturated heterocycles. The molecule has 2 aromatic heterocycles. The third-order valence-electron chi connectivity index (χ3n) is 4.34. The Kier molecular flexibility index (Phi) is 4.70. The molecule has 0 aliphatic carbocycles. The smallest absolute Gasteiger partial charge is 0.494 e. The van der Waals surface area contributed by atoms with Gasteiger partial charge in [-0.2, -0.15) is 0 Å². The topological polar surface area (TPSA) is 88.3 Å². The van der Waals surface area contributed by atoms with Crippen LogP contribution in [0.2, 0.25) is 5.02 Å². The van der Waals surface area contributed by atoms with Crippen LogP contribution in [0.3, 0.4) is 0 Å². The Morgan fingerprint density at radius 1 is 1.20 bits per heavy atom. The lowest BCUT2D eigenvalue weighted by Gasteiger charge is -2.10. The molecule has 0 fully saturated rings. The number of alkyl halides is 3. The highest BCUT2D eigenvalue weighted by Gasteiger charge is 2.31.